The second-order valence-corrected chi connectivity index (χ2v) is 4.07. The highest BCUT2D eigenvalue weighted by atomic mass is 16.5. The molecule has 0 aliphatic carbocycles. The number of hydrogen-bond donors (Lipinski definition) is 3. The van der Waals surface area contributed by atoms with Gasteiger partial charge in [-0.3, -0.25) is 9.59 Å². The molecule has 0 fully saturated rings. The van der Waals surface area contributed by atoms with E-state index in [4.69, 9.17) is 10.8 Å². The quantitative estimate of drug-likeness (QED) is 0.602. The van der Waals surface area contributed by atoms with E-state index in [9.17, 15) is 14.4 Å². The molecule has 19 heavy (non-hydrogen) atoms. The molecular formula is C11H15N3O5. The lowest BCUT2D eigenvalue weighted by atomic mass is 10.1. The van der Waals surface area contributed by atoms with Crippen molar-refractivity contribution in [1.29, 1.82) is 0 Å². The molecule has 1 rings (SSSR count). The van der Waals surface area contributed by atoms with Crippen LogP contribution >= 0.6 is 0 Å². The smallest absolute Gasteiger partial charge is 0.326 e. The van der Waals surface area contributed by atoms with Gasteiger partial charge in [0.2, 0.25) is 11.8 Å². The number of hydrogen-bond acceptors (Lipinski definition) is 5. The molecule has 8 heteroatoms. The van der Waals surface area contributed by atoms with Crippen molar-refractivity contribution in [2.24, 2.45) is 5.73 Å². The number of aliphatic carboxylic acids is 1. The lowest BCUT2D eigenvalue weighted by Crippen LogP contribution is -2.42. The SMILES string of the molecule is Cc1nocc1CC(=O)N[C@@H](CCC(N)=O)C(=O)O. The molecule has 1 atom stereocenters. The second-order valence-electron chi connectivity index (χ2n) is 4.07. The predicted molar refractivity (Wildman–Crippen MR) is 62.9 cm³/mol. The highest BCUT2D eigenvalue weighted by molar-refractivity contribution is 5.85. The molecule has 8 nitrogen and oxygen atoms in total. The number of carbonyl (C=O) groups is 3. The number of carboxylic acid groups (broad SMARTS) is 1. The first kappa shape index (κ1) is 14.7. The van der Waals surface area contributed by atoms with E-state index in [-0.39, 0.29) is 19.3 Å². The summed E-state index contributed by atoms with van der Waals surface area (Å²) in [5.41, 5.74) is 6.08. The maximum atomic E-state index is 11.7. The van der Waals surface area contributed by atoms with Crippen LogP contribution in [0, 0.1) is 6.92 Å². The standard InChI is InChI=1S/C11H15N3O5/c1-6-7(5-19-14-6)4-10(16)13-8(11(17)18)2-3-9(12)15/h5,8H,2-4H2,1H3,(H2,12,15)(H,13,16)(H,17,18)/t8-/m0/s1. The average Bonchev–Trinajstić information content (AvgIpc) is 2.69. The summed E-state index contributed by atoms with van der Waals surface area (Å²) in [6.45, 7) is 1.67. The third-order valence-corrected chi connectivity index (χ3v) is 2.51. The molecule has 4 N–H and O–H groups in total. The number of nitrogens with zero attached hydrogens (tertiary/aromatic N) is 1. The molecular weight excluding hydrogens is 254 g/mol. The van der Waals surface area contributed by atoms with E-state index in [1.807, 2.05) is 0 Å². The molecule has 0 radical (unpaired) electrons. The molecule has 0 unspecified atom stereocenters. The van der Waals surface area contributed by atoms with Gasteiger partial charge in [0, 0.05) is 12.0 Å². The Hall–Kier alpha value is -2.38. The number of nitrogens with two attached hydrogens (primary N) is 1. The zero-order valence-electron chi connectivity index (χ0n) is 10.4. The summed E-state index contributed by atoms with van der Waals surface area (Å²) in [6.07, 6.45) is 1.15. The van der Waals surface area contributed by atoms with Gasteiger partial charge in [0.05, 0.1) is 12.1 Å². The summed E-state index contributed by atoms with van der Waals surface area (Å²) in [7, 11) is 0. The van der Waals surface area contributed by atoms with E-state index < -0.39 is 23.8 Å². The molecule has 0 aromatic carbocycles. The van der Waals surface area contributed by atoms with E-state index >= 15 is 0 Å². The zero-order valence-corrected chi connectivity index (χ0v) is 10.4. The van der Waals surface area contributed by atoms with Crippen LogP contribution in [0.4, 0.5) is 0 Å². The Morgan fingerprint density at radius 3 is 2.68 bits per heavy atom. The normalized spacial score (nSPS) is 11.8. The van der Waals surface area contributed by atoms with Crippen molar-refractivity contribution >= 4 is 17.8 Å². The van der Waals surface area contributed by atoms with Crippen molar-refractivity contribution in [3.8, 4) is 0 Å². The molecule has 1 aromatic rings. The first-order valence-corrected chi connectivity index (χ1v) is 5.60. The third kappa shape index (κ3) is 4.78. The van der Waals surface area contributed by atoms with Crippen LogP contribution in [-0.2, 0) is 20.8 Å². The second kappa shape index (κ2) is 6.53. The van der Waals surface area contributed by atoms with Gasteiger partial charge >= 0.3 is 5.97 Å². The molecule has 2 amide bonds. The summed E-state index contributed by atoms with van der Waals surface area (Å²) in [5, 5.41) is 14.9. The molecule has 0 bridgehead atoms. The Morgan fingerprint density at radius 1 is 1.53 bits per heavy atom. The van der Waals surface area contributed by atoms with E-state index in [0.717, 1.165) is 0 Å². The van der Waals surface area contributed by atoms with Crippen LogP contribution in [-0.4, -0.2) is 34.1 Å². The Balaban J connectivity index is 2.54. The van der Waals surface area contributed by atoms with Crippen molar-refractivity contribution in [1.82, 2.24) is 10.5 Å². The van der Waals surface area contributed by atoms with Gasteiger partial charge < -0.3 is 20.7 Å². The lowest BCUT2D eigenvalue weighted by Gasteiger charge is -2.13. The van der Waals surface area contributed by atoms with Crippen LogP contribution in [0.1, 0.15) is 24.1 Å². The molecule has 1 heterocycles. The maximum absolute atomic E-state index is 11.7. The minimum absolute atomic E-state index is 0.0321. The number of aromatic nitrogens is 1. The van der Waals surface area contributed by atoms with Gasteiger partial charge in [0.1, 0.15) is 12.3 Å². The Bertz CT molecular complexity index is 482. The summed E-state index contributed by atoms with van der Waals surface area (Å²) in [6, 6.07) is -1.14. The zero-order chi connectivity index (χ0) is 14.4. The van der Waals surface area contributed by atoms with Crippen LogP contribution in [0.2, 0.25) is 0 Å². The highest BCUT2D eigenvalue weighted by Gasteiger charge is 2.21. The van der Waals surface area contributed by atoms with Gasteiger partial charge in [-0.1, -0.05) is 5.16 Å². The minimum atomic E-state index is -1.21. The fourth-order valence-corrected chi connectivity index (χ4v) is 1.44. The molecule has 0 aliphatic heterocycles. The topological polar surface area (TPSA) is 136 Å². The fourth-order valence-electron chi connectivity index (χ4n) is 1.44. The van der Waals surface area contributed by atoms with Crippen molar-refractivity contribution in [3.63, 3.8) is 0 Å². The van der Waals surface area contributed by atoms with Crippen LogP contribution in [0.15, 0.2) is 10.8 Å². The van der Waals surface area contributed by atoms with Crippen LogP contribution in [0.25, 0.3) is 0 Å². The van der Waals surface area contributed by atoms with Crippen molar-refractivity contribution < 1.29 is 24.0 Å². The molecule has 104 valence electrons. The van der Waals surface area contributed by atoms with Gasteiger partial charge in [-0.25, -0.2) is 4.79 Å². The van der Waals surface area contributed by atoms with Gasteiger partial charge in [-0.05, 0) is 13.3 Å². The summed E-state index contributed by atoms with van der Waals surface area (Å²) in [4.78, 5) is 33.2. The van der Waals surface area contributed by atoms with Gasteiger partial charge in [-0.15, -0.1) is 0 Å². The number of nitrogens with one attached hydrogen (secondary N) is 1. The average molecular weight is 269 g/mol. The van der Waals surface area contributed by atoms with Crippen LogP contribution in [0.5, 0.6) is 0 Å². The number of primary amides is 1. The maximum Gasteiger partial charge on any atom is 0.326 e. The van der Waals surface area contributed by atoms with Gasteiger partial charge in [0.15, 0.2) is 0 Å². The summed E-state index contributed by atoms with van der Waals surface area (Å²) < 4.78 is 4.67. The van der Waals surface area contributed by atoms with Crippen molar-refractivity contribution in [2.45, 2.75) is 32.2 Å². The predicted octanol–water partition coefficient (Wildman–Crippen LogP) is -0.640. The van der Waals surface area contributed by atoms with E-state index in [1.54, 1.807) is 6.92 Å². The Labute approximate surface area is 108 Å². The fraction of sp³-hybridized carbons (Fsp3) is 0.455. The third-order valence-electron chi connectivity index (χ3n) is 2.51. The van der Waals surface area contributed by atoms with Gasteiger partial charge in [0.25, 0.3) is 0 Å². The van der Waals surface area contributed by atoms with Crippen molar-refractivity contribution in [2.75, 3.05) is 0 Å². The van der Waals surface area contributed by atoms with Crippen molar-refractivity contribution in [3.05, 3.63) is 17.5 Å². The Morgan fingerprint density at radius 2 is 2.21 bits per heavy atom. The molecule has 0 aliphatic rings. The largest absolute Gasteiger partial charge is 0.480 e. The molecule has 1 aromatic heterocycles. The number of amides is 2. The van der Waals surface area contributed by atoms with Crippen LogP contribution < -0.4 is 11.1 Å². The van der Waals surface area contributed by atoms with Gasteiger partial charge in [-0.2, -0.15) is 0 Å². The van der Waals surface area contributed by atoms with E-state index in [0.29, 0.717) is 11.3 Å². The number of aryl methyl sites for hydroxylation is 1. The number of rotatable bonds is 7. The first-order chi connectivity index (χ1) is 8.90. The van der Waals surface area contributed by atoms with E-state index in [1.165, 1.54) is 6.26 Å². The van der Waals surface area contributed by atoms with Crippen LogP contribution in [0.3, 0.4) is 0 Å². The molecule has 0 spiro atoms. The monoisotopic (exact) mass is 269 g/mol. The summed E-state index contributed by atoms with van der Waals surface area (Å²) >= 11 is 0. The number of carbonyl (C=O) groups excluding carboxylic acids is 2. The highest BCUT2D eigenvalue weighted by Crippen LogP contribution is 2.06. The van der Waals surface area contributed by atoms with E-state index in [2.05, 4.69) is 15.0 Å². The Kier molecular flexibility index (Phi) is 5.04. The summed E-state index contributed by atoms with van der Waals surface area (Å²) in [5.74, 6) is -2.31. The lowest BCUT2D eigenvalue weighted by molar-refractivity contribution is -0.142. The molecule has 0 saturated carbocycles. The minimum Gasteiger partial charge on any atom is -0.480 e. The number of carboxylic acids is 1. The molecule has 0 saturated heterocycles. The first-order valence-electron chi connectivity index (χ1n) is 5.60.